The number of amides is 2. The van der Waals surface area contributed by atoms with Crippen molar-refractivity contribution in [2.24, 2.45) is 0 Å². The molecule has 7 nitrogen and oxygen atoms in total. The minimum absolute atomic E-state index is 0.0188. The van der Waals surface area contributed by atoms with Crippen molar-refractivity contribution in [2.75, 3.05) is 25.5 Å². The van der Waals surface area contributed by atoms with E-state index in [1.807, 2.05) is 17.0 Å². The van der Waals surface area contributed by atoms with Gasteiger partial charge in [-0.05, 0) is 30.3 Å². The van der Waals surface area contributed by atoms with E-state index in [4.69, 9.17) is 4.74 Å². The van der Waals surface area contributed by atoms with Crippen molar-refractivity contribution >= 4 is 28.8 Å². The van der Waals surface area contributed by atoms with Crippen LogP contribution in [-0.2, 0) is 12.8 Å². The molecular formula is C21H20N4O3S. The molecule has 0 radical (unpaired) electrons. The highest BCUT2D eigenvalue weighted by Crippen LogP contribution is 2.25. The second kappa shape index (κ2) is 8.40. The van der Waals surface area contributed by atoms with Gasteiger partial charge in [0, 0.05) is 54.5 Å². The fourth-order valence-electron chi connectivity index (χ4n) is 3.22. The molecule has 1 N–H and O–H groups in total. The van der Waals surface area contributed by atoms with Gasteiger partial charge in [-0.15, -0.1) is 11.3 Å². The Morgan fingerprint density at radius 3 is 2.72 bits per heavy atom. The van der Waals surface area contributed by atoms with Gasteiger partial charge in [0.25, 0.3) is 11.8 Å². The van der Waals surface area contributed by atoms with Crippen LogP contribution in [0.15, 0.2) is 48.8 Å². The summed E-state index contributed by atoms with van der Waals surface area (Å²) in [6.45, 7) is 1.16. The van der Waals surface area contributed by atoms with E-state index in [0.29, 0.717) is 47.9 Å². The first kappa shape index (κ1) is 19.1. The van der Waals surface area contributed by atoms with Gasteiger partial charge in [-0.3, -0.25) is 14.6 Å². The second-order valence-electron chi connectivity index (χ2n) is 6.60. The molecule has 2 amide bonds. The SMILES string of the molecule is COc1cccc(C(=O)N2CCc3nc(C(=O)Nc4ccncc4)sc3CC2)c1. The van der Waals surface area contributed by atoms with Crippen LogP contribution < -0.4 is 10.1 Å². The normalized spacial score (nSPS) is 13.3. The first-order valence-corrected chi connectivity index (χ1v) is 10.1. The molecule has 3 heterocycles. The molecule has 0 fully saturated rings. The van der Waals surface area contributed by atoms with Crippen molar-refractivity contribution in [3.8, 4) is 5.75 Å². The van der Waals surface area contributed by atoms with Crippen LogP contribution >= 0.6 is 11.3 Å². The zero-order valence-corrected chi connectivity index (χ0v) is 16.7. The average molecular weight is 408 g/mol. The van der Waals surface area contributed by atoms with Crippen molar-refractivity contribution < 1.29 is 14.3 Å². The number of nitrogens with zero attached hydrogens (tertiary/aromatic N) is 3. The maximum absolute atomic E-state index is 12.9. The van der Waals surface area contributed by atoms with E-state index in [1.54, 1.807) is 43.8 Å². The molecule has 29 heavy (non-hydrogen) atoms. The van der Waals surface area contributed by atoms with Gasteiger partial charge in [0.1, 0.15) is 5.75 Å². The largest absolute Gasteiger partial charge is 0.497 e. The summed E-state index contributed by atoms with van der Waals surface area (Å²) in [6, 6.07) is 10.7. The summed E-state index contributed by atoms with van der Waals surface area (Å²) >= 11 is 1.39. The van der Waals surface area contributed by atoms with Crippen LogP contribution in [0.4, 0.5) is 5.69 Å². The Hall–Kier alpha value is -3.26. The van der Waals surface area contributed by atoms with Crippen LogP contribution in [0, 0.1) is 0 Å². The lowest BCUT2D eigenvalue weighted by atomic mass is 10.2. The van der Waals surface area contributed by atoms with Crippen molar-refractivity contribution in [1.29, 1.82) is 0 Å². The molecule has 8 heteroatoms. The van der Waals surface area contributed by atoms with Crippen LogP contribution in [-0.4, -0.2) is 46.9 Å². The fraction of sp³-hybridized carbons (Fsp3) is 0.238. The molecule has 148 valence electrons. The van der Waals surface area contributed by atoms with Gasteiger partial charge in [0.05, 0.1) is 12.8 Å². The predicted molar refractivity (Wildman–Crippen MR) is 111 cm³/mol. The number of rotatable bonds is 4. The quantitative estimate of drug-likeness (QED) is 0.717. The summed E-state index contributed by atoms with van der Waals surface area (Å²) in [5, 5.41) is 3.28. The highest BCUT2D eigenvalue weighted by atomic mass is 32.1. The molecule has 0 saturated carbocycles. The first-order valence-electron chi connectivity index (χ1n) is 9.27. The number of carbonyl (C=O) groups is 2. The lowest BCUT2D eigenvalue weighted by Crippen LogP contribution is -2.33. The molecular weight excluding hydrogens is 388 g/mol. The number of thiazole rings is 1. The summed E-state index contributed by atoms with van der Waals surface area (Å²) in [7, 11) is 1.58. The summed E-state index contributed by atoms with van der Waals surface area (Å²) in [4.78, 5) is 36.7. The Morgan fingerprint density at radius 1 is 1.14 bits per heavy atom. The molecule has 1 aliphatic rings. The third kappa shape index (κ3) is 4.27. The van der Waals surface area contributed by atoms with E-state index >= 15 is 0 Å². The highest BCUT2D eigenvalue weighted by Gasteiger charge is 2.24. The van der Waals surface area contributed by atoms with E-state index in [-0.39, 0.29) is 11.8 Å². The number of anilines is 1. The lowest BCUT2D eigenvalue weighted by molar-refractivity contribution is 0.0762. The smallest absolute Gasteiger partial charge is 0.284 e. The summed E-state index contributed by atoms with van der Waals surface area (Å²) in [6.07, 6.45) is 4.57. The van der Waals surface area contributed by atoms with Gasteiger partial charge in [-0.25, -0.2) is 4.98 Å². The monoisotopic (exact) mass is 408 g/mol. The predicted octanol–water partition coefficient (Wildman–Crippen LogP) is 3.04. The van der Waals surface area contributed by atoms with E-state index in [0.717, 1.165) is 10.6 Å². The molecule has 1 aliphatic heterocycles. The van der Waals surface area contributed by atoms with E-state index in [9.17, 15) is 9.59 Å². The van der Waals surface area contributed by atoms with Crippen LogP contribution in [0.5, 0.6) is 5.75 Å². The Balaban J connectivity index is 1.43. The Kier molecular flexibility index (Phi) is 5.53. The van der Waals surface area contributed by atoms with Gasteiger partial charge in [0.15, 0.2) is 5.01 Å². The van der Waals surface area contributed by atoms with Gasteiger partial charge in [-0.2, -0.15) is 0 Å². The Morgan fingerprint density at radius 2 is 1.93 bits per heavy atom. The maximum atomic E-state index is 12.9. The van der Waals surface area contributed by atoms with Crippen LogP contribution in [0.2, 0.25) is 0 Å². The number of ether oxygens (including phenoxy) is 1. The number of carbonyl (C=O) groups excluding carboxylic acids is 2. The molecule has 0 aliphatic carbocycles. The maximum Gasteiger partial charge on any atom is 0.284 e. The van der Waals surface area contributed by atoms with Gasteiger partial charge >= 0.3 is 0 Å². The van der Waals surface area contributed by atoms with Crippen LogP contribution in [0.1, 0.15) is 30.7 Å². The van der Waals surface area contributed by atoms with Crippen molar-refractivity contribution in [3.05, 3.63) is 69.9 Å². The second-order valence-corrected chi connectivity index (χ2v) is 7.69. The van der Waals surface area contributed by atoms with E-state index in [1.165, 1.54) is 11.3 Å². The zero-order valence-electron chi connectivity index (χ0n) is 15.9. The number of hydrogen-bond donors (Lipinski definition) is 1. The number of nitrogens with one attached hydrogen (secondary N) is 1. The van der Waals surface area contributed by atoms with Gasteiger partial charge in [0.2, 0.25) is 0 Å². The van der Waals surface area contributed by atoms with Crippen LogP contribution in [0.3, 0.4) is 0 Å². The lowest BCUT2D eigenvalue weighted by Gasteiger charge is -2.20. The van der Waals surface area contributed by atoms with Gasteiger partial charge < -0.3 is 15.0 Å². The Bertz CT molecular complexity index is 1010. The third-order valence-corrected chi connectivity index (χ3v) is 5.90. The van der Waals surface area contributed by atoms with Gasteiger partial charge in [-0.1, -0.05) is 6.07 Å². The first-order chi connectivity index (χ1) is 14.1. The molecule has 1 aromatic carbocycles. The topological polar surface area (TPSA) is 84.4 Å². The van der Waals surface area contributed by atoms with Crippen molar-refractivity contribution in [2.45, 2.75) is 12.8 Å². The number of pyridine rings is 1. The standard InChI is InChI=1S/C21H20N4O3S/c1-28-16-4-2-3-14(13-16)21(27)25-11-7-17-18(8-12-25)29-20(24-17)19(26)23-15-5-9-22-10-6-15/h2-6,9-10,13H,7-8,11-12H2,1H3,(H,22,23,26). The molecule has 0 unspecified atom stereocenters. The average Bonchev–Trinajstić information content (AvgIpc) is 3.07. The molecule has 3 aromatic rings. The fourth-order valence-corrected chi connectivity index (χ4v) is 4.21. The molecule has 0 atom stereocenters. The zero-order chi connectivity index (χ0) is 20.2. The molecule has 0 spiro atoms. The number of hydrogen-bond acceptors (Lipinski definition) is 6. The number of fused-ring (bicyclic) bond motifs is 1. The van der Waals surface area contributed by atoms with Crippen molar-refractivity contribution in [1.82, 2.24) is 14.9 Å². The Labute approximate surface area is 172 Å². The highest BCUT2D eigenvalue weighted by molar-refractivity contribution is 7.13. The minimum atomic E-state index is -0.224. The number of aromatic nitrogens is 2. The molecule has 2 aromatic heterocycles. The minimum Gasteiger partial charge on any atom is -0.497 e. The summed E-state index contributed by atoms with van der Waals surface area (Å²) < 4.78 is 5.21. The molecule has 0 saturated heterocycles. The van der Waals surface area contributed by atoms with E-state index < -0.39 is 0 Å². The molecule has 4 rings (SSSR count). The number of benzene rings is 1. The number of methoxy groups -OCH3 is 1. The third-order valence-electron chi connectivity index (χ3n) is 4.74. The summed E-state index contributed by atoms with van der Waals surface area (Å²) in [5.74, 6) is 0.421. The van der Waals surface area contributed by atoms with Crippen molar-refractivity contribution in [3.63, 3.8) is 0 Å². The molecule has 0 bridgehead atoms. The van der Waals surface area contributed by atoms with E-state index in [2.05, 4.69) is 15.3 Å². The van der Waals surface area contributed by atoms with Crippen LogP contribution in [0.25, 0.3) is 0 Å². The summed E-state index contributed by atoms with van der Waals surface area (Å²) in [5.41, 5.74) is 2.20.